The van der Waals surface area contributed by atoms with E-state index in [1.54, 1.807) is 14.2 Å². The second-order valence-electron chi connectivity index (χ2n) is 4.78. The van der Waals surface area contributed by atoms with E-state index in [-0.39, 0.29) is 0 Å². The van der Waals surface area contributed by atoms with E-state index in [9.17, 15) is 4.79 Å². The van der Waals surface area contributed by atoms with Gasteiger partial charge in [-0.05, 0) is 47.5 Å². The Morgan fingerprint density at radius 2 is 1.39 bits per heavy atom. The van der Waals surface area contributed by atoms with Crippen molar-refractivity contribution < 1.29 is 19.0 Å². The van der Waals surface area contributed by atoms with Crippen LogP contribution in [0.15, 0.2) is 53.5 Å². The summed E-state index contributed by atoms with van der Waals surface area (Å²) in [6.07, 6.45) is -0.116. The van der Waals surface area contributed by atoms with Gasteiger partial charge in [-0.1, -0.05) is 12.1 Å². The summed E-state index contributed by atoms with van der Waals surface area (Å²) in [5, 5.41) is 0. The lowest BCUT2D eigenvalue weighted by molar-refractivity contribution is 0.182. The van der Waals surface area contributed by atoms with Crippen LogP contribution in [0.4, 0.5) is 4.79 Å². The highest BCUT2D eigenvalue weighted by molar-refractivity contribution is 6.06. The molecule has 5 nitrogen and oxygen atoms in total. The van der Waals surface area contributed by atoms with Crippen molar-refractivity contribution in [3.63, 3.8) is 0 Å². The van der Waals surface area contributed by atoms with Gasteiger partial charge in [-0.25, -0.2) is 4.79 Å². The van der Waals surface area contributed by atoms with Crippen molar-refractivity contribution in [2.75, 3.05) is 21.3 Å². The zero-order valence-corrected chi connectivity index (χ0v) is 13.4. The second kappa shape index (κ2) is 7.98. The Labute approximate surface area is 135 Å². The number of benzene rings is 2. The number of methoxy groups -OCH3 is 3. The van der Waals surface area contributed by atoms with E-state index in [0.29, 0.717) is 12.1 Å². The summed E-state index contributed by atoms with van der Waals surface area (Å²) in [7, 11) is 4.54. The number of amides is 1. The SMILES string of the molecule is COC(=O)/N=C(\Cc1ccc(OC)cc1)c1ccc(OC)cc1. The largest absolute Gasteiger partial charge is 0.497 e. The molecule has 0 aliphatic rings. The predicted molar refractivity (Wildman–Crippen MR) is 88.6 cm³/mol. The number of carbonyl (C=O) groups excluding carboxylic acids is 1. The number of hydrogen-bond donors (Lipinski definition) is 0. The maximum atomic E-state index is 11.6. The molecule has 2 aromatic rings. The maximum Gasteiger partial charge on any atom is 0.433 e. The molecule has 0 atom stereocenters. The number of aliphatic imine (C=N–C) groups is 1. The third kappa shape index (κ3) is 4.57. The van der Waals surface area contributed by atoms with Crippen molar-refractivity contribution in [1.29, 1.82) is 0 Å². The minimum atomic E-state index is -0.621. The molecule has 120 valence electrons. The van der Waals surface area contributed by atoms with Crippen LogP contribution >= 0.6 is 0 Å². The molecule has 0 saturated heterocycles. The van der Waals surface area contributed by atoms with Crippen molar-refractivity contribution in [2.24, 2.45) is 4.99 Å². The van der Waals surface area contributed by atoms with Gasteiger partial charge in [-0.15, -0.1) is 0 Å². The minimum absolute atomic E-state index is 0.505. The molecular formula is C18H19NO4. The Morgan fingerprint density at radius 3 is 1.87 bits per heavy atom. The molecule has 0 heterocycles. The molecule has 0 spiro atoms. The first-order chi connectivity index (χ1) is 11.2. The van der Waals surface area contributed by atoms with E-state index in [2.05, 4.69) is 9.73 Å². The Hall–Kier alpha value is -2.82. The lowest BCUT2D eigenvalue weighted by atomic mass is 10.0. The van der Waals surface area contributed by atoms with Gasteiger partial charge in [-0.3, -0.25) is 0 Å². The van der Waals surface area contributed by atoms with Crippen molar-refractivity contribution in [3.05, 3.63) is 59.7 Å². The third-order valence-corrected chi connectivity index (χ3v) is 3.35. The molecule has 2 rings (SSSR count). The van der Waals surface area contributed by atoms with E-state index < -0.39 is 6.09 Å². The summed E-state index contributed by atoms with van der Waals surface area (Å²) < 4.78 is 14.9. The predicted octanol–water partition coefficient (Wildman–Crippen LogP) is 3.50. The van der Waals surface area contributed by atoms with Crippen molar-refractivity contribution in [1.82, 2.24) is 0 Å². The molecule has 0 unspecified atom stereocenters. The number of nitrogens with zero attached hydrogens (tertiary/aromatic N) is 1. The summed E-state index contributed by atoms with van der Waals surface area (Å²) in [5.41, 5.74) is 2.49. The first kappa shape index (κ1) is 16.5. The highest BCUT2D eigenvalue weighted by Gasteiger charge is 2.09. The van der Waals surface area contributed by atoms with Gasteiger partial charge >= 0.3 is 6.09 Å². The zero-order valence-electron chi connectivity index (χ0n) is 13.4. The van der Waals surface area contributed by atoms with E-state index in [0.717, 1.165) is 22.6 Å². The van der Waals surface area contributed by atoms with Crippen molar-refractivity contribution >= 4 is 11.8 Å². The van der Waals surface area contributed by atoms with E-state index >= 15 is 0 Å². The summed E-state index contributed by atoms with van der Waals surface area (Å²) in [5.74, 6) is 1.53. The van der Waals surface area contributed by atoms with Gasteiger partial charge in [-0.2, -0.15) is 4.99 Å². The molecule has 0 aliphatic heterocycles. The van der Waals surface area contributed by atoms with Crippen LogP contribution in [0.25, 0.3) is 0 Å². The summed E-state index contributed by atoms with van der Waals surface area (Å²) >= 11 is 0. The fraction of sp³-hybridized carbons (Fsp3) is 0.222. The van der Waals surface area contributed by atoms with Crippen LogP contribution in [-0.4, -0.2) is 33.1 Å². The Bertz CT molecular complexity index is 675. The topological polar surface area (TPSA) is 57.1 Å². The molecule has 0 N–H and O–H groups in total. The average molecular weight is 313 g/mol. The molecule has 0 saturated carbocycles. The molecule has 0 fully saturated rings. The number of carbonyl (C=O) groups is 1. The van der Waals surface area contributed by atoms with Gasteiger partial charge in [0.05, 0.1) is 27.0 Å². The van der Waals surface area contributed by atoms with Gasteiger partial charge in [0.2, 0.25) is 0 Å². The van der Waals surface area contributed by atoms with Crippen LogP contribution in [0.2, 0.25) is 0 Å². The minimum Gasteiger partial charge on any atom is -0.497 e. The Balaban J connectivity index is 2.29. The lowest BCUT2D eigenvalue weighted by Gasteiger charge is -2.08. The van der Waals surface area contributed by atoms with E-state index in [1.807, 2.05) is 48.5 Å². The molecule has 2 aromatic carbocycles. The molecule has 0 bridgehead atoms. The van der Waals surface area contributed by atoms with Gasteiger partial charge < -0.3 is 14.2 Å². The Morgan fingerprint density at radius 1 is 0.870 bits per heavy atom. The zero-order chi connectivity index (χ0) is 16.7. The average Bonchev–Trinajstić information content (AvgIpc) is 2.61. The summed E-state index contributed by atoms with van der Waals surface area (Å²) in [6, 6.07) is 15.0. The smallest absolute Gasteiger partial charge is 0.433 e. The Kier molecular flexibility index (Phi) is 5.74. The molecule has 5 heteroatoms. The highest BCUT2D eigenvalue weighted by atomic mass is 16.5. The van der Waals surface area contributed by atoms with Crippen LogP contribution in [0, 0.1) is 0 Å². The van der Waals surface area contributed by atoms with Crippen molar-refractivity contribution in [3.8, 4) is 11.5 Å². The third-order valence-electron chi connectivity index (χ3n) is 3.35. The maximum absolute atomic E-state index is 11.6. The van der Waals surface area contributed by atoms with Gasteiger partial charge in [0.1, 0.15) is 11.5 Å². The van der Waals surface area contributed by atoms with Gasteiger partial charge in [0.25, 0.3) is 0 Å². The van der Waals surface area contributed by atoms with Crippen LogP contribution in [-0.2, 0) is 11.2 Å². The van der Waals surface area contributed by atoms with Crippen LogP contribution in [0.3, 0.4) is 0 Å². The fourth-order valence-corrected chi connectivity index (χ4v) is 2.08. The van der Waals surface area contributed by atoms with E-state index in [4.69, 9.17) is 9.47 Å². The normalized spacial score (nSPS) is 11.0. The van der Waals surface area contributed by atoms with Crippen LogP contribution in [0.1, 0.15) is 11.1 Å². The number of rotatable bonds is 5. The molecule has 0 aliphatic carbocycles. The van der Waals surface area contributed by atoms with Gasteiger partial charge in [0.15, 0.2) is 0 Å². The summed E-state index contributed by atoms with van der Waals surface area (Å²) in [4.78, 5) is 15.6. The van der Waals surface area contributed by atoms with Crippen molar-refractivity contribution in [2.45, 2.75) is 6.42 Å². The molecule has 23 heavy (non-hydrogen) atoms. The highest BCUT2D eigenvalue weighted by Crippen LogP contribution is 2.17. The fourth-order valence-electron chi connectivity index (χ4n) is 2.08. The van der Waals surface area contributed by atoms with E-state index in [1.165, 1.54) is 7.11 Å². The van der Waals surface area contributed by atoms with Crippen LogP contribution < -0.4 is 9.47 Å². The number of ether oxygens (including phenoxy) is 3. The number of hydrogen-bond acceptors (Lipinski definition) is 4. The summed E-state index contributed by atoms with van der Waals surface area (Å²) in [6.45, 7) is 0. The first-order valence-electron chi connectivity index (χ1n) is 7.09. The molecule has 0 radical (unpaired) electrons. The first-order valence-corrected chi connectivity index (χ1v) is 7.09. The molecular weight excluding hydrogens is 294 g/mol. The lowest BCUT2D eigenvalue weighted by Crippen LogP contribution is -2.09. The van der Waals surface area contributed by atoms with Gasteiger partial charge in [0, 0.05) is 6.42 Å². The van der Waals surface area contributed by atoms with Crippen LogP contribution in [0.5, 0.6) is 11.5 Å². The quantitative estimate of drug-likeness (QED) is 0.793. The molecule has 0 aromatic heterocycles. The standard InChI is InChI=1S/C18H19NO4/c1-21-15-8-4-13(5-9-15)12-17(19-18(20)23-3)14-6-10-16(22-2)11-7-14/h4-11H,12H2,1-3H3/b19-17+. The molecule has 1 amide bonds. The second-order valence-corrected chi connectivity index (χ2v) is 4.78. The monoisotopic (exact) mass is 313 g/mol.